The lowest BCUT2D eigenvalue weighted by molar-refractivity contribution is -0.134. The number of fused-ring (bicyclic) bond motifs is 1. The molecule has 0 radical (unpaired) electrons. The summed E-state index contributed by atoms with van der Waals surface area (Å²) in [5, 5.41) is 15.6. The minimum Gasteiger partial charge on any atom is -0.478 e. The lowest BCUT2D eigenvalue weighted by Crippen LogP contribution is -2.13. The number of carboxylic acid groups (broad SMARTS) is 2. The van der Waals surface area contributed by atoms with Crippen LogP contribution in [0.4, 0.5) is 0 Å². The molecule has 0 aliphatic carbocycles. The summed E-state index contributed by atoms with van der Waals surface area (Å²) in [4.78, 5) is 19.1. The minimum atomic E-state index is -1.26. The second kappa shape index (κ2) is 6.24. The van der Waals surface area contributed by atoms with Gasteiger partial charge in [-0.3, -0.25) is 0 Å². The second-order valence-electron chi connectivity index (χ2n) is 3.41. The Morgan fingerprint density at radius 2 is 1.31 bits per heavy atom. The molecule has 6 heteroatoms. The van der Waals surface area contributed by atoms with E-state index in [9.17, 15) is 9.59 Å². The first-order valence-corrected chi connectivity index (χ1v) is 4.96. The fourth-order valence-corrected chi connectivity index (χ4v) is 1.57. The molecular weight excluding hydrogens is 216 g/mol. The average Bonchev–Trinajstić information content (AvgIpc) is 2.76. The van der Waals surface area contributed by atoms with E-state index >= 15 is 0 Å². The maximum absolute atomic E-state index is 9.55. The Labute approximate surface area is 92.5 Å². The van der Waals surface area contributed by atoms with E-state index in [4.69, 9.17) is 19.7 Å². The Morgan fingerprint density at radius 3 is 1.62 bits per heavy atom. The molecule has 90 valence electrons. The summed E-state index contributed by atoms with van der Waals surface area (Å²) in [6.45, 7) is 1.82. The zero-order chi connectivity index (χ0) is 12.0. The van der Waals surface area contributed by atoms with Gasteiger partial charge in [-0.1, -0.05) is 0 Å². The molecule has 0 unspecified atom stereocenters. The van der Waals surface area contributed by atoms with Gasteiger partial charge in [-0.15, -0.1) is 0 Å². The molecule has 6 nitrogen and oxygen atoms in total. The Bertz CT molecular complexity index is 249. The second-order valence-corrected chi connectivity index (χ2v) is 3.41. The molecule has 0 amide bonds. The summed E-state index contributed by atoms with van der Waals surface area (Å²) in [6, 6.07) is 0. The average molecular weight is 230 g/mol. The van der Waals surface area contributed by atoms with Crippen LogP contribution in [0.25, 0.3) is 0 Å². The molecule has 2 aliphatic heterocycles. The number of carbonyl (C=O) groups is 2. The van der Waals surface area contributed by atoms with Crippen molar-refractivity contribution in [1.82, 2.24) is 0 Å². The fourth-order valence-electron chi connectivity index (χ4n) is 1.57. The molecule has 0 aromatic carbocycles. The van der Waals surface area contributed by atoms with E-state index in [1.165, 1.54) is 0 Å². The van der Waals surface area contributed by atoms with Crippen LogP contribution in [0.1, 0.15) is 12.8 Å². The highest BCUT2D eigenvalue weighted by molar-refractivity contribution is 5.89. The van der Waals surface area contributed by atoms with Gasteiger partial charge in [0.05, 0.1) is 12.2 Å². The highest BCUT2D eigenvalue weighted by atomic mass is 16.6. The monoisotopic (exact) mass is 230 g/mol. The lowest BCUT2D eigenvalue weighted by atomic mass is 10.2. The van der Waals surface area contributed by atoms with Crippen LogP contribution < -0.4 is 0 Å². The van der Waals surface area contributed by atoms with Crippen LogP contribution in [-0.4, -0.2) is 47.6 Å². The highest BCUT2D eigenvalue weighted by Gasteiger charge is 2.33. The minimum absolute atomic E-state index is 0.454. The van der Waals surface area contributed by atoms with Gasteiger partial charge in [-0.05, 0) is 12.8 Å². The summed E-state index contributed by atoms with van der Waals surface area (Å²) in [5.41, 5.74) is 0. The molecule has 2 rings (SSSR count). The number of aliphatic carboxylic acids is 2. The third kappa shape index (κ3) is 4.41. The van der Waals surface area contributed by atoms with Crippen molar-refractivity contribution in [2.75, 3.05) is 13.2 Å². The van der Waals surface area contributed by atoms with Crippen LogP contribution in [0.3, 0.4) is 0 Å². The molecule has 16 heavy (non-hydrogen) atoms. The van der Waals surface area contributed by atoms with Crippen LogP contribution in [0, 0.1) is 0 Å². The van der Waals surface area contributed by atoms with Crippen molar-refractivity contribution in [1.29, 1.82) is 0 Å². The molecule has 0 aromatic rings. The highest BCUT2D eigenvalue weighted by Crippen LogP contribution is 2.25. The van der Waals surface area contributed by atoms with E-state index in [2.05, 4.69) is 0 Å². The largest absolute Gasteiger partial charge is 0.478 e. The normalized spacial score (nSPS) is 27.2. The number of ether oxygens (including phenoxy) is 2. The van der Waals surface area contributed by atoms with Gasteiger partial charge in [0.15, 0.2) is 0 Å². The van der Waals surface area contributed by atoms with Crippen molar-refractivity contribution in [3.8, 4) is 0 Å². The van der Waals surface area contributed by atoms with Crippen LogP contribution in [0.2, 0.25) is 0 Å². The van der Waals surface area contributed by atoms with E-state index in [1.807, 2.05) is 0 Å². The van der Waals surface area contributed by atoms with Crippen molar-refractivity contribution in [3.63, 3.8) is 0 Å². The SMILES string of the molecule is C1C[C@H]2OCC[C@H]2O1.O=C(O)/C=C\C(=O)O. The van der Waals surface area contributed by atoms with Crippen LogP contribution in [0.5, 0.6) is 0 Å². The molecule has 0 aromatic heterocycles. The predicted octanol–water partition coefficient (Wildman–Crippen LogP) is 0.276. The quantitative estimate of drug-likeness (QED) is 0.662. The zero-order valence-electron chi connectivity index (χ0n) is 8.67. The Balaban J connectivity index is 0.000000160. The molecule has 0 spiro atoms. The lowest BCUT2D eigenvalue weighted by Gasteiger charge is -2.03. The van der Waals surface area contributed by atoms with Gasteiger partial charge in [0.2, 0.25) is 0 Å². The van der Waals surface area contributed by atoms with Crippen molar-refractivity contribution in [2.24, 2.45) is 0 Å². The maximum atomic E-state index is 9.55. The van der Waals surface area contributed by atoms with E-state index < -0.39 is 11.9 Å². The predicted molar refractivity (Wildman–Crippen MR) is 53.1 cm³/mol. The molecule has 2 aliphatic rings. The molecular formula is C10H14O6. The summed E-state index contributed by atoms with van der Waals surface area (Å²) >= 11 is 0. The third-order valence-electron chi connectivity index (χ3n) is 2.25. The first-order valence-electron chi connectivity index (χ1n) is 4.96. The number of hydrogen-bond acceptors (Lipinski definition) is 4. The van der Waals surface area contributed by atoms with E-state index in [0.29, 0.717) is 24.4 Å². The molecule has 2 atom stereocenters. The van der Waals surface area contributed by atoms with Gasteiger partial charge < -0.3 is 19.7 Å². The summed E-state index contributed by atoms with van der Waals surface area (Å²) in [5.74, 6) is -2.51. The fraction of sp³-hybridized carbons (Fsp3) is 0.600. The van der Waals surface area contributed by atoms with E-state index in [-0.39, 0.29) is 0 Å². The summed E-state index contributed by atoms with van der Waals surface area (Å²) < 4.78 is 10.7. The van der Waals surface area contributed by atoms with Crippen molar-refractivity contribution >= 4 is 11.9 Å². The Hall–Kier alpha value is -1.40. The third-order valence-corrected chi connectivity index (χ3v) is 2.25. The van der Waals surface area contributed by atoms with E-state index in [1.54, 1.807) is 0 Å². The molecule has 2 saturated heterocycles. The first-order chi connectivity index (χ1) is 7.59. The molecule has 2 fully saturated rings. The van der Waals surface area contributed by atoms with Gasteiger partial charge in [-0.25, -0.2) is 9.59 Å². The van der Waals surface area contributed by atoms with Gasteiger partial charge in [0.25, 0.3) is 0 Å². The molecule has 2 heterocycles. The Kier molecular flexibility index (Phi) is 4.94. The zero-order valence-corrected chi connectivity index (χ0v) is 8.67. The number of carboxylic acids is 2. The summed E-state index contributed by atoms with van der Waals surface area (Å²) in [6.07, 6.45) is 4.25. The van der Waals surface area contributed by atoms with Crippen LogP contribution in [-0.2, 0) is 19.1 Å². The molecule has 0 saturated carbocycles. The standard InChI is InChI=1S/C6H10O2.C4H4O4/c1-3-7-6-2-4-8-5(1)6;5-3(6)1-2-4(7)8/h5-6H,1-4H2;1-2H,(H,5,6)(H,7,8)/b;2-1-/t5-,6-;/m1./s1. The maximum Gasteiger partial charge on any atom is 0.328 e. The topological polar surface area (TPSA) is 93.1 Å². The van der Waals surface area contributed by atoms with Gasteiger partial charge in [0, 0.05) is 25.4 Å². The van der Waals surface area contributed by atoms with Gasteiger partial charge in [0.1, 0.15) is 0 Å². The van der Waals surface area contributed by atoms with Crippen LogP contribution in [0.15, 0.2) is 12.2 Å². The Morgan fingerprint density at radius 1 is 0.938 bits per heavy atom. The molecule has 0 bridgehead atoms. The van der Waals surface area contributed by atoms with Crippen molar-refractivity contribution < 1.29 is 29.3 Å². The summed E-state index contributed by atoms with van der Waals surface area (Å²) in [7, 11) is 0. The van der Waals surface area contributed by atoms with Crippen molar-refractivity contribution in [3.05, 3.63) is 12.2 Å². The van der Waals surface area contributed by atoms with Crippen molar-refractivity contribution in [2.45, 2.75) is 25.0 Å². The van der Waals surface area contributed by atoms with Gasteiger partial charge in [-0.2, -0.15) is 0 Å². The van der Waals surface area contributed by atoms with Gasteiger partial charge >= 0.3 is 11.9 Å². The van der Waals surface area contributed by atoms with E-state index in [0.717, 1.165) is 26.1 Å². The smallest absolute Gasteiger partial charge is 0.328 e. The first kappa shape index (κ1) is 12.7. The number of rotatable bonds is 2. The molecule has 2 N–H and O–H groups in total. The number of hydrogen-bond donors (Lipinski definition) is 2. The van der Waals surface area contributed by atoms with Crippen LogP contribution >= 0.6 is 0 Å².